The Balaban J connectivity index is 1.07. The van der Waals surface area contributed by atoms with Crippen LogP contribution in [-0.4, -0.2) is 54.0 Å². The molecule has 0 radical (unpaired) electrons. The van der Waals surface area contributed by atoms with Gasteiger partial charge in [-0.2, -0.15) is 0 Å². The highest BCUT2D eigenvalue weighted by molar-refractivity contribution is 7.18. The van der Waals surface area contributed by atoms with Crippen LogP contribution in [-0.2, 0) is 11.3 Å². The lowest BCUT2D eigenvalue weighted by molar-refractivity contribution is -0.132. The largest absolute Gasteiger partial charge is 0.492 e. The summed E-state index contributed by atoms with van der Waals surface area (Å²) in [5, 5.41) is 1.19. The van der Waals surface area contributed by atoms with E-state index in [0.717, 1.165) is 50.2 Å². The van der Waals surface area contributed by atoms with Gasteiger partial charge in [-0.3, -0.25) is 9.69 Å². The van der Waals surface area contributed by atoms with Crippen LogP contribution < -0.4 is 4.74 Å². The molecular weight excluding hydrogens is 418 g/mol. The molecular formula is C26H31N3O2S. The molecule has 6 heteroatoms. The van der Waals surface area contributed by atoms with Gasteiger partial charge in [-0.1, -0.05) is 29.8 Å². The fourth-order valence-electron chi connectivity index (χ4n) is 4.90. The van der Waals surface area contributed by atoms with Gasteiger partial charge >= 0.3 is 0 Å². The van der Waals surface area contributed by atoms with Crippen molar-refractivity contribution in [3.63, 3.8) is 0 Å². The van der Waals surface area contributed by atoms with E-state index < -0.39 is 0 Å². The van der Waals surface area contributed by atoms with Crippen LogP contribution in [0.3, 0.4) is 0 Å². The maximum atomic E-state index is 13.0. The Morgan fingerprint density at radius 1 is 1.19 bits per heavy atom. The Bertz CT molecular complexity index is 1050. The summed E-state index contributed by atoms with van der Waals surface area (Å²) in [7, 11) is 1.91. The van der Waals surface area contributed by atoms with Crippen molar-refractivity contribution in [1.29, 1.82) is 0 Å². The number of aromatic nitrogens is 1. The fourth-order valence-corrected chi connectivity index (χ4v) is 5.91. The molecule has 5 nitrogen and oxygen atoms in total. The Morgan fingerprint density at radius 3 is 2.69 bits per heavy atom. The van der Waals surface area contributed by atoms with E-state index in [1.54, 1.807) is 11.3 Å². The normalized spacial score (nSPS) is 19.9. The van der Waals surface area contributed by atoms with Gasteiger partial charge < -0.3 is 9.64 Å². The molecule has 2 aliphatic rings. The van der Waals surface area contributed by atoms with Gasteiger partial charge in [0.05, 0.1) is 23.3 Å². The van der Waals surface area contributed by atoms with Gasteiger partial charge in [0.15, 0.2) is 0 Å². The molecule has 1 amide bonds. The van der Waals surface area contributed by atoms with Gasteiger partial charge in [0.1, 0.15) is 17.4 Å². The third kappa shape index (κ3) is 4.52. The molecule has 1 aliphatic heterocycles. The number of rotatable bonds is 7. The first-order valence-electron chi connectivity index (χ1n) is 11.5. The predicted molar refractivity (Wildman–Crippen MR) is 129 cm³/mol. The summed E-state index contributed by atoms with van der Waals surface area (Å²) in [6, 6.07) is 16.4. The summed E-state index contributed by atoms with van der Waals surface area (Å²) in [6.45, 7) is 6.25. The van der Waals surface area contributed by atoms with Gasteiger partial charge in [-0.25, -0.2) is 4.98 Å². The number of nitrogens with zero attached hydrogens (tertiary/aromatic N) is 3. The number of fused-ring (bicyclic) bond motifs is 1. The molecule has 2 heterocycles. The summed E-state index contributed by atoms with van der Waals surface area (Å²) in [5.74, 6) is 1.34. The Hall–Kier alpha value is -2.44. The molecule has 1 saturated carbocycles. The molecule has 0 bridgehead atoms. The number of ether oxygens (including phenoxy) is 1. The number of amides is 1. The zero-order chi connectivity index (χ0) is 22.1. The number of piperidine rings is 1. The number of aryl methyl sites for hydroxylation is 1. The second kappa shape index (κ2) is 8.83. The number of hydrogen-bond acceptors (Lipinski definition) is 5. The first-order chi connectivity index (χ1) is 15.5. The maximum absolute atomic E-state index is 13.0. The highest BCUT2D eigenvalue weighted by atomic mass is 32.1. The minimum atomic E-state index is 0.191. The SMILES string of the molecule is Cc1ccc(OCCN(C)C(=O)C2CC23CCN(Cc2nc4ccccc4s2)CC3)cc1. The van der Waals surface area contributed by atoms with Crippen molar-refractivity contribution in [1.82, 2.24) is 14.8 Å². The number of carbonyl (C=O) groups is 1. The molecule has 1 spiro atoms. The number of thiazole rings is 1. The lowest BCUT2D eigenvalue weighted by atomic mass is 9.90. The molecule has 3 aromatic rings. The highest BCUT2D eigenvalue weighted by Crippen LogP contribution is 2.60. The van der Waals surface area contributed by atoms with E-state index in [1.807, 2.05) is 42.3 Å². The number of likely N-dealkylation sites (N-methyl/N-ethyl adjacent to an activating group) is 1. The second-order valence-electron chi connectivity index (χ2n) is 9.39. The van der Waals surface area contributed by atoms with Gasteiger partial charge in [0.25, 0.3) is 0 Å². The first-order valence-corrected chi connectivity index (χ1v) is 12.4. The molecule has 1 unspecified atom stereocenters. The molecule has 168 valence electrons. The number of likely N-dealkylation sites (tertiary alicyclic amines) is 1. The summed E-state index contributed by atoms with van der Waals surface area (Å²) < 4.78 is 7.07. The zero-order valence-corrected chi connectivity index (χ0v) is 19.7. The standard InChI is InChI=1S/C26H31N3O2S/c1-19-7-9-20(10-8-19)31-16-15-28(2)25(30)21-17-26(21)11-13-29(14-12-26)18-24-27-22-5-3-4-6-23(22)32-24/h3-10,21H,11-18H2,1-2H3. The Labute approximate surface area is 194 Å². The van der Waals surface area contributed by atoms with Crippen molar-refractivity contribution < 1.29 is 9.53 Å². The summed E-state index contributed by atoms with van der Waals surface area (Å²) in [5.41, 5.74) is 2.55. The Kier molecular flexibility index (Phi) is 5.91. The predicted octanol–water partition coefficient (Wildman–Crippen LogP) is 4.74. The van der Waals surface area contributed by atoms with Crippen molar-refractivity contribution in [3.05, 3.63) is 59.1 Å². The first kappa shape index (κ1) is 21.4. The minimum Gasteiger partial charge on any atom is -0.492 e. The van der Waals surface area contributed by atoms with Gasteiger partial charge in [-0.05, 0) is 69.0 Å². The van der Waals surface area contributed by atoms with Crippen molar-refractivity contribution in [2.75, 3.05) is 33.3 Å². The third-order valence-corrected chi connectivity index (χ3v) is 8.15. The molecule has 1 aliphatic carbocycles. The monoisotopic (exact) mass is 449 g/mol. The molecule has 32 heavy (non-hydrogen) atoms. The van der Waals surface area contributed by atoms with Crippen molar-refractivity contribution >= 4 is 27.5 Å². The van der Waals surface area contributed by atoms with Crippen LogP contribution in [0.2, 0.25) is 0 Å². The van der Waals surface area contributed by atoms with Crippen LogP contribution in [0, 0.1) is 18.3 Å². The quantitative estimate of drug-likeness (QED) is 0.522. The number of carbonyl (C=O) groups excluding carboxylic acids is 1. The molecule has 1 atom stereocenters. The van der Waals surface area contributed by atoms with Crippen LogP contribution in [0.5, 0.6) is 5.75 Å². The minimum absolute atomic E-state index is 0.191. The summed E-state index contributed by atoms with van der Waals surface area (Å²) >= 11 is 1.80. The molecule has 1 aromatic heterocycles. The van der Waals surface area contributed by atoms with Crippen LogP contribution in [0.15, 0.2) is 48.5 Å². The van der Waals surface area contributed by atoms with Crippen molar-refractivity contribution in [3.8, 4) is 5.75 Å². The van der Waals surface area contributed by atoms with Crippen LogP contribution in [0.25, 0.3) is 10.2 Å². The topological polar surface area (TPSA) is 45.7 Å². The van der Waals surface area contributed by atoms with Crippen LogP contribution >= 0.6 is 11.3 Å². The van der Waals surface area contributed by atoms with Gasteiger partial charge in [0.2, 0.25) is 5.91 Å². The molecule has 2 fully saturated rings. The van der Waals surface area contributed by atoms with Gasteiger partial charge in [0, 0.05) is 13.0 Å². The van der Waals surface area contributed by atoms with E-state index >= 15 is 0 Å². The van der Waals surface area contributed by atoms with E-state index in [9.17, 15) is 4.79 Å². The van der Waals surface area contributed by atoms with Crippen molar-refractivity contribution in [2.24, 2.45) is 11.3 Å². The fraction of sp³-hybridized carbons (Fsp3) is 0.462. The van der Waals surface area contributed by atoms with E-state index in [2.05, 4.69) is 30.0 Å². The van der Waals surface area contributed by atoms with Crippen LogP contribution in [0.4, 0.5) is 0 Å². The number of benzene rings is 2. The second-order valence-corrected chi connectivity index (χ2v) is 10.5. The third-order valence-electron chi connectivity index (χ3n) is 7.13. The summed E-state index contributed by atoms with van der Waals surface area (Å²) in [4.78, 5) is 22.1. The van der Waals surface area contributed by atoms with E-state index in [-0.39, 0.29) is 17.2 Å². The Morgan fingerprint density at radius 2 is 1.94 bits per heavy atom. The van der Waals surface area contributed by atoms with E-state index in [0.29, 0.717) is 13.2 Å². The molecule has 1 saturated heterocycles. The number of hydrogen-bond donors (Lipinski definition) is 0. The molecule has 0 N–H and O–H groups in total. The average Bonchev–Trinajstić information content (AvgIpc) is 3.34. The van der Waals surface area contributed by atoms with Crippen LogP contribution in [0.1, 0.15) is 29.8 Å². The zero-order valence-electron chi connectivity index (χ0n) is 18.9. The van der Waals surface area contributed by atoms with Crippen molar-refractivity contribution in [2.45, 2.75) is 32.7 Å². The van der Waals surface area contributed by atoms with E-state index in [1.165, 1.54) is 15.3 Å². The lowest BCUT2D eigenvalue weighted by Gasteiger charge is -2.32. The molecule has 5 rings (SSSR count). The maximum Gasteiger partial charge on any atom is 0.226 e. The lowest BCUT2D eigenvalue weighted by Crippen LogP contribution is -2.38. The number of para-hydroxylation sites is 1. The van der Waals surface area contributed by atoms with E-state index in [4.69, 9.17) is 9.72 Å². The average molecular weight is 450 g/mol. The summed E-state index contributed by atoms with van der Waals surface area (Å²) in [6.07, 6.45) is 3.27. The smallest absolute Gasteiger partial charge is 0.226 e. The van der Waals surface area contributed by atoms with Gasteiger partial charge in [-0.15, -0.1) is 11.3 Å². The molecule has 2 aromatic carbocycles. The highest BCUT2D eigenvalue weighted by Gasteiger charge is 2.58.